The van der Waals surface area contributed by atoms with Crippen LogP contribution in [0.1, 0.15) is 57.5 Å². The Morgan fingerprint density at radius 3 is 2.60 bits per heavy atom. The molecule has 3 nitrogen and oxygen atoms in total. The monoisotopic (exact) mass is 278 g/mol. The predicted molar refractivity (Wildman–Crippen MR) is 83.6 cm³/mol. The zero-order chi connectivity index (χ0) is 14.4. The largest absolute Gasteiger partial charge is 0.463 e. The Labute approximate surface area is 123 Å². The summed E-state index contributed by atoms with van der Waals surface area (Å²) in [6.07, 6.45) is 6.79. The Morgan fingerprint density at radius 2 is 1.95 bits per heavy atom. The van der Waals surface area contributed by atoms with E-state index < -0.39 is 0 Å². The van der Waals surface area contributed by atoms with Gasteiger partial charge in [0.25, 0.3) is 0 Å². The molecule has 0 atom stereocenters. The van der Waals surface area contributed by atoms with E-state index in [2.05, 4.69) is 36.2 Å². The van der Waals surface area contributed by atoms with Crippen molar-refractivity contribution in [2.75, 3.05) is 13.6 Å². The maximum Gasteiger partial charge on any atom is 0.118 e. The molecule has 20 heavy (non-hydrogen) atoms. The standard InChI is InChI=1S/C17H30N2O/c1-14(2)10-11-19(15-6-4-5-7-15)13-17-9-8-16(20-17)12-18-3/h8-9,14-15,18H,4-7,10-13H2,1-3H3. The van der Waals surface area contributed by atoms with Crippen LogP contribution in [0.15, 0.2) is 16.5 Å². The van der Waals surface area contributed by atoms with Gasteiger partial charge in [-0.25, -0.2) is 0 Å². The van der Waals surface area contributed by atoms with Crippen LogP contribution in [0.5, 0.6) is 0 Å². The summed E-state index contributed by atoms with van der Waals surface area (Å²) in [6, 6.07) is 5.01. The highest BCUT2D eigenvalue weighted by Gasteiger charge is 2.23. The highest BCUT2D eigenvalue weighted by Crippen LogP contribution is 2.26. The Balaban J connectivity index is 1.94. The van der Waals surface area contributed by atoms with E-state index in [1.54, 1.807) is 0 Å². The van der Waals surface area contributed by atoms with Crippen LogP contribution in [0.25, 0.3) is 0 Å². The molecule has 0 aromatic carbocycles. The van der Waals surface area contributed by atoms with Crippen molar-refractivity contribution in [3.63, 3.8) is 0 Å². The number of furan rings is 1. The Hall–Kier alpha value is -0.800. The summed E-state index contributed by atoms with van der Waals surface area (Å²) in [7, 11) is 1.95. The van der Waals surface area contributed by atoms with E-state index in [4.69, 9.17) is 4.42 Å². The summed E-state index contributed by atoms with van der Waals surface area (Å²) in [5.74, 6) is 2.93. The average molecular weight is 278 g/mol. The van der Waals surface area contributed by atoms with Crippen LogP contribution < -0.4 is 5.32 Å². The van der Waals surface area contributed by atoms with Crippen LogP contribution >= 0.6 is 0 Å². The smallest absolute Gasteiger partial charge is 0.118 e. The van der Waals surface area contributed by atoms with Crippen molar-refractivity contribution >= 4 is 0 Å². The normalized spacial score (nSPS) is 16.6. The van der Waals surface area contributed by atoms with Crippen LogP contribution in [-0.2, 0) is 13.1 Å². The van der Waals surface area contributed by atoms with Crippen molar-refractivity contribution in [1.82, 2.24) is 10.2 Å². The number of nitrogens with one attached hydrogen (secondary N) is 1. The molecule has 0 radical (unpaired) electrons. The first-order valence-corrected chi connectivity index (χ1v) is 8.15. The van der Waals surface area contributed by atoms with Gasteiger partial charge in [0, 0.05) is 6.04 Å². The number of nitrogens with zero attached hydrogens (tertiary/aromatic N) is 1. The highest BCUT2D eigenvalue weighted by molar-refractivity contribution is 5.07. The summed E-state index contributed by atoms with van der Waals surface area (Å²) in [5.41, 5.74) is 0. The van der Waals surface area contributed by atoms with Crippen molar-refractivity contribution in [1.29, 1.82) is 0 Å². The lowest BCUT2D eigenvalue weighted by Gasteiger charge is -2.28. The summed E-state index contributed by atoms with van der Waals surface area (Å²) in [4.78, 5) is 2.65. The summed E-state index contributed by atoms with van der Waals surface area (Å²) >= 11 is 0. The molecule has 0 spiro atoms. The van der Waals surface area contributed by atoms with E-state index in [0.717, 1.165) is 36.6 Å². The van der Waals surface area contributed by atoms with Gasteiger partial charge in [-0.3, -0.25) is 4.90 Å². The third-order valence-electron chi connectivity index (χ3n) is 4.26. The predicted octanol–water partition coefficient (Wildman–Crippen LogP) is 3.79. The molecule has 1 heterocycles. The molecule has 3 heteroatoms. The fourth-order valence-electron chi connectivity index (χ4n) is 3.06. The minimum atomic E-state index is 0.770. The fraction of sp³-hybridized carbons (Fsp3) is 0.765. The fourth-order valence-corrected chi connectivity index (χ4v) is 3.06. The van der Waals surface area contributed by atoms with Crippen LogP contribution in [0.3, 0.4) is 0 Å². The topological polar surface area (TPSA) is 28.4 Å². The second kappa shape index (κ2) is 7.84. The van der Waals surface area contributed by atoms with Gasteiger partial charge in [0.15, 0.2) is 0 Å². The molecule has 0 bridgehead atoms. The van der Waals surface area contributed by atoms with Gasteiger partial charge in [-0.05, 0) is 50.9 Å². The van der Waals surface area contributed by atoms with Crippen LogP contribution in [-0.4, -0.2) is 24.5 Å². The molecular formula is C17H30N2O. The summed E-state index contributed by atoms with van der Waals surface area (Å²) in [5, 5.41) is 3.14. The van der Waals surface area contributed by atoms with Gasteiger partial charge >= 0.3 is 0 Å². The lowest BCUT2D eigenvalue weighted by atomic mass is 10.1. The number of hydrogen-bond acceptors (Lipinski definition) is 3. The molecule has 0 aliphatic heterocycles. The van der Waals surface area contributed by atoms with E-state index >= 15 is 0 Å². The third-order valence-corrected chi connectivity index (χ3v) is 4.26. The summed E-state index contributed by atoms with van der Waals surface area (Å²) in [6.45, 7) is 7.61. The van der Waals surface area contributed by atoms with Gasteiger partial charge < -0.3 is 9.73 Å². The third kappa shape index (κ3) is 4.64. The zero-order valence-corrected chi connectivity index (χ0v) is 13.3. The molecule has 1 aliphatic rings. The van der Waals surface area contributed by atoms with E-state index in [-0.39, 0.29) is 0 Å². The van der Waals surface area contributed by atoms with E-state index in [1.807, 2.05) is 7.05 Å². The molecule has 2 rings (SSSR count). The van der Waals surface area contributed by atoms with Gasteiger partial charge in [-0.1, -0.05) is 26.7 Å². The van der Waals surface area contributed by atoms with E-state index in [9.17, 15) is 0 Å². The van der Waals surface area contributed by atoms with Crippen molar-refractivity contribution < 1.29 is 4.42 Å². The molecule has 0 saturated heterocycles. The van der Waals surface area contributed by atoms with Gasteiger partial charge in [-0.15, -0.1) is 0 Å². The molecule has 1 aromatic rings. The first-order chi connectivity index (χ1) is 9.69. The molecule has 1 fully saturated rings. The number of rotatable bonds is 8. The summed E-state index contributed by atoms with van der Waals surface area (Å²) < 4.78 is 5.92. The SMILES string of the molecule is CNCc1ccc(CN(CCC(C)C)C2CCCC2)o1. The Bertz CT molecular complexity index is 380. The molecule has 114 valence electrons. The second-order valence-corrected chi connectivity index (χ2v) is 6.49. The van der Waals surface area contributed by atoms with Crippen LogP contribution in [0.4, 0.5) is 0 Å². The zero-order valence-electron chi connectivity index (χ0n) is 13.3. The van der Waals surface area contributed by atoms with Crippen LogP contribution in [0.2, 0.25) is 0 Å². The lowest BCUT2D eigenvalue weighted by Crippen LogP contribution is -2.34. The van der Waals surface area contributed by atoms with Gasteiger partial charge in [0.1, 0.15) is 11.5 Å². The minimum absolute atomic E-state index is 0.770. The molecule has 1 aliphatic carbocycles. The Morgan fingerprint density at radius 1 is 1.25 bits per heavy atom. The molecule has 1 saturated carbocycles. The first kappa shape index (κ1) is 15.6. The van der Waals surface area contributed by atoms with Crippen molar-refractivity contribution in [2.45, 2.75) is 65.1 Å². The van der Waals surface area contributed by atoms with Gasteiger partial charge in [0.2, 0.25) is 0 Å². The lowest BCUT2D eigenvalue weighted by molar-refractivity contribution is 0.165. The maximum absolute atomic E-state index is 5.92. The average Bonchev–Trinajstić information content (AvgIpc) is 3.06. The van der Waals surface area contributed by atoms with Crippen LogP contribution in [0, 0.1) is 5.92 Å². The molecule has 1 N–H and O–H groups in total. The molecular weight excluding hydrogens is 248 g/mol. The van der Waals surface area contributed by atoms with E-state index in [0.29, 0.717) is 0 Å². The maximum atomic E-state index is 5.92. The first-order valence-electron chi connectivity index (χ1n) is 8.15. The minimum Gasteiger partial charge on any atom is -0.463 e. The van der Waals surface area contributed by atoms with Crippen molar-refractivity contribution in [3.8, 4) is 0 Å². The number of hydrogen-bond donors (Lipinski definition) is 1. The van der Waals surface area contributed by atoms with Crippen molar-refractivity contribution in [2.24, 2.45) is 5.92 Å². The molecule has 1 aromatic heterocycles. The molecule has 0 amide bonds. The van der Waals surface area contributed by atoms with Crippen molar-refractivity contribution in [3.05, 3.63) is 23.7 Å². The quantitative estimate of drug-likeness (QED) is 0.784. The van der Waals surface area contributed by atoms with Gasteiger partial charge in [-0.2, -0.15) is 0 Å². The Kier molecular flexibility index (Phi) is 6.11. The molecule has 0 unspecified atom stereocenters. The van der Waals surface area contributed by atoms with Gasteiger partial charge in [0.05, 0.1) is 13.1 Å². The second-order valence-electron chi connectivity index (χ2n) is 6.49. The van der Waals surface area contributed by atoms with E-state index in [1.165, 1.54) is 38.6 Å². The highest BCUT2D eigenvalue weighted by atomic mass is 16.3.